The molecule has 5 rings (SSSR count). The summed E-state index contributed by atoms with van der Waals surface area (Å²) in [6, 6.07) is 18.7. The Morgan fingerprint density at radius 1 is 1.06 bits per heavy atom. The molecule has 0 saturated heterocycles. The Morgan fingerprint density at radius 2 is 1.82 bits per heavy atom. The van der Waals surface area contributed by atoms with Gasteiger partial charge in [-0.2, -0.15) is 0 Å². The second-order valence-corrected chi connectivity index (χ2v) is 8.25. The Morgan fingerprint density at radius 3 is 2.58 bits per heavy atom. The fourth-order valence-corrected chi connectivity index (χ4v) is 3.92. The molecule has 2 aromatic carbocycles. The van der Waals surface area contributed by atoms with Crippen LogP contribution in [0.15, 0.2) is 69.9 Å². The van der Waals surface area contributed by atoms with E-state index in [1.807, 2.05) is 75.4 Å². The number of para-hydroxylation sites is 2. The van der Waals surface area contributed by atoms with Gasteiger partial charge in [-0.3, -0.25) is 4.79 Å². The van der Waals surface area contributed by atoms with E-state index in [4.69, 9.17) is 4.42 Å². The summed E-state index contributed by atoms with van der Waals surface area (Å²) < 4.78 is 8.40. The van der Waals surface area contributed by atoms with Gasteiger partial charge in [-0.1, -0.05) is 38.1 Å². The summed E-state index contributed by atoms with van der Waals surface area (Å²) in [4.78, 5) is 30.8. The van der Waals surface area contributed by atoms with Gasteiger partial charge < -0.3 is 9.73 Å². The van der Waals surface area contributed by atoms with Gasteiger partial charge in [0.1, 0.15) is 23.9 Å². The van der Waals surface area contributed by atoms with E-state index in [-0.39, 0.29) is 18.4 Å². The van der Waals surface area contributed by atoms with Crippen LogP contribution in [0.3, 0.4) is 0 Å². The summed E-state index contributed by atoms with van der Waals surface area (Å²) in [7, 11) is 0. The molecule has 33 heavy (non-hydrogen) atoms. The summed E-state index contributed by atoms with van der Waals surface area (Å²) in [5.41, 5.74) is 2.23. The molecule has 3 heterocycles. The zero-order chi connectivity index (χ0) is 23.1. The number of nitrogens with one attached hydrogen (secondary N) is 1. The normalized spacial score (nSPS) is 11.5. The number of fused-ring (bicyclic) bond motifs is 3. The second kappa shape index (κ2) is 8.05. The Bertz CT molecular complexity index is 1560. The van der Waals surface area contributed by atoms with Gasteiger partial charge in [-0.15, -0.1) is 5.10 Å². The van der Waals surface area contributed by atoms with Crippen LogP contribution in [0, 0.1) is 6.92 Å². The first-order valence-corrected chi connectivity index (χ1v) is 10.8. The SMILES string of the molecule is Cc1ccc(-c2ccccc2NC(=O)Cn2nc3c4ccccc4nc(C(C)C)n3c2=O)o1. The summed E-state index contributed by atoms with van der Waals surface area (Å²) in [6.45, 7) is 5.59. The standard InChI is InChI=1S/C25H23N5O3/c1-15(2)23-27-20-11-7-5-9-18(20)24-28-29(25(32)30(23)24)14-22(31)26-19-10-6-4-8-17(19)21-13-12-16(3)33-21/h4-13,15H,14H2,1-3H3,(H,26,31). The monoisotopic (exact) mass is 441 g/mol. The average Bonchev–Trinajstić information content (AvgIpc) is 3.37. The molecule has 0 saturated carbocycles. The molecule has 0 aliphatic rings. The molecule has 3 aromatic heterocycles. The van der Waals surface area contributed by atoms with Gasteiger partial charge in [-0.05, 0) is 43.3 Å². The summed E-state index contributed by atoms with van der Waals surface area (Å²) in [6.07, 6.45) is 0. The maximum absolute atomic E-state index is 13.2. The first kappa shape index (κ1) is 20.7. The van der Waals surface area contributed by atoms with Crippen LogP contribution >= 0.6 is 0 Å². The largest absolute Gasteiger partial charge is 0.461 e. The minimum atomic E-state index is -0.392. The lowest BCUT2D eigenvalue weighted by atomic mass is 10.1. The van der Waals surface area contributed by atoms with E-state index in [1.54, 1.807) is 6.07 Å². The molecule has 0 aliphatic carbocycles. The number of amides is 1. The lowest BCUT2D eigenvalue weighted by Gasteiger charge is -2.09. The van der Waals surface area contributed by atoms with Crippen LogP contribution in [-0.4, -0.2) is 25.1 Å². The highest BCUT2D eigenvalue weighted by atomic mass is 16.3. The Balaban J connectivity index is 1.51. The molecule has 1 amide bonds. The van der Waals surface area contributed by atoms with Gasteiger partial charge >= 0.3 is 5.69 Å². The molecular weight excluding hydrogens is 418 g/mol. The number of carbonyl (C=O) groups excluding carboxylic acids is 1. The van der Waals surface area contributed by atoms with Crippen LogP contribution in [0.4, 0.5) is 5.69 Å². The topological polar surface area (TPSA) is 94.4 Å². The van der Waals surface area contributed by atoms with Crippen molar-refractivity contribution in [3.63, 3.8) is 0 Å². The van der Waals surface area contributed by atoms with Crippen LogP contribution in [0.5, 0.6) is 0 Å². The molecule has 0 spiro atoms. The molecule has 5 aromatic rings. The number of carbonyl (C=O) groups is 1. The average molecular weight is 441 g/mol. The third kappa shape index (κ3) is 3.69. The number of anilines is 1. The molecule has 0 aliphatic heterocycles. The lowest BCUT2D eigenvalue weighted by molar-refractivity contribution is -0.117. The molecule has 166 valence electrons. The maximum Gasteiger partial charge on any atom is 0.352 e. The van der Waals surface area contributed by atoms with Crippen molar-refractivity contribution in [3.05, 3.63) is 82.7 Å². The smallest absolute Gasteiger partial charge is 0.352 e. The van der Waals surface area contributed by atoms with Crippen molar-refractivity contribution in [1.82, 2.24) is 19.2 Å². The van der Waals surface area contributed by atoms with Gasteiger partial charge in [0.15, 0.2) is 5.65 Å². The molecule has 0 radical (unpaired) electrons. The molecule has 0 unspecified atom stereocenters. The van der Waals surface area contributed by atoms with Crippen molar-refractivity contribution in [2.45, 2.75) is 33.2 Å². The van der Waals surface area contributed by atoms with Gasteiger partial charge in [0, 0.05) is 16.9 Å². The number of rotatable bonds is 5. The summed E-state index contributed by atoms with van der Waals surface area (Å²) in [5, 5.41) is 8.15. The first-order chi connectivity index (χ1) is 15.9. The highest BCUT2D eigenvalue weighted by Gasteiger charge is 2.19. The lowest BCUT2D eigenvalue weighted by Crippen LogP contribution is -2.29. The minimum Gasteiger partial charge on any atom is -0.461 e. The Labute approximate surface area is 189 Å². The third-order valence-electron chi connectivity index (χ3n) is 5.47. The third-order valence-corrected chi connectivity index (χ3v) is 5.47. The number of hydrogen-bond donors (Lipinski definition) is 1. The van der Waals surface area contributed by atoms with E-state index in [1.165, 1.54) is 9.08 Å². The molecule has 0 fully saturated rings. The molecule has 8 heteroatoms. The van der Waals surface area contributed by atoms with Gasteiger partial charge in [0.25, 0.3) is 0 Å². The summed E-state index contributed by atoms with van der Waals surface area (Å²) in [5.74, 6) is 1.69. The molecule has 8 nitrogen and oxygen atoms in total. The quantitative estimate of drug-likeness (QED) is 0.437. The molecular formula is C25H23N5O3. The zero-order valence-electron chi connectivity index (χ0n) is 18.6. The van der Waals surface area contributed by atoms with E-state index in [2.05, 4.69) is 15.4 Å². The molecule has 0 bridgehead atoms. The number of benzene rings is 2. The van der Waals surface area contributed by atoms with E-state index < -0.39 is 5.69 Å². The fraction of sp³-hybridized carbons (Fsp3) is 0.200. The second-order valence-electron chi connectivity index (χ2n) is 8.25. The Hall–Kier alpha value is -4.20. The Kier molecular flexibility index (Phi) is 5.05. The van der Waals surface area contributed by atoms with Crippen molar-refractivity contribution in [2.75, 3.05) is 5.32 Å². The van der Waals surface area contributed by atoms with E-state index in [0.717, 1.165) is 22.2 Å². The van der Waals surface area contributed by atoms with Gasteiger partial charge in [-0.25, -0.2) is 18.9 Å². The number of aromatic nitrogens is 4. The minimum absolute atomic E-state index is 0.00455. The zero-order valence-corrected chi connectivity index (χ0v) is 18.6. The number of hydrogen-bond acceptors (Lipinski definition) is 5. The van der Waals surface area contributed by atoms with E-state index in [9.17, 15) is 9.59 Å². The summed E-state index contributed by atoms with van der Waals surface area (Å²) >= 11 is 0. The van der Waals surface area contributed by atoms with E-state index >= 15 is 0 Å². The first-order valence-electron chi connectivity index (χ1n) is 10.8. The number of furan rings is 1. The van der Waals surface area contributed by atoms with Crippen LogP contribution in [0.1, 0.15) is 31.4 Å². The van der Waals surface area contributed by atoms with E-state index in [0.29, 0.717) is 22.9 Å². The van der Waals surface area contributed by atoms with Gasteiger partial charge in [0.05, 0.1) is 11.2 Å². The molecule has 1 N–H and O–H groups in total. The fourth-order valence-electron chi connectivity index (χ4n) is 3.92. The number of nitrogens with zero attached hydrogens (tertiary/aromatic N) is 4. The van der Waals surface area contributed by atoms with Crippen molar-refractivity contribution in [2.24, 2.45) is 0 Å². The van der Waals surface area contributed by atoms with Crippen molar-refractivity contribution >= 4 is 28.1 Å². The predicted molar refractivity (Wildman–Crippen MR) is 126 cm³/mol. The number of aryl methyl sites for hydroxylation is 1. The van der Waals surface area contributed by atoms with Crippen molar-refractivity contribution < 1.29 is 9.21 Å². The maximum atomic E-state index is 13.2. The van der Waals surface area contributed by atoms with Crippen LogP contribution in [-0.2, 0) is 11.3 Å². The highest BCUT2D eigenvalue weighted by molar-refractivity contribution is 5.95. The molecule has 0 atom stereocenters. The predicted octanol–water partition coefficient (Wildman–Crippen LogP) is 4.37. The highest BCUT2D eigenvalue weighted by Crippen LogP contribution is 2.29. The van der Waals surface area contributed by atoms with Gasteiger partial charge in [0.2, 0.25) is 5.91 Å². The van der Waals surface area contributed by atoms with Crippen LogP contribution < -0.4 is 11.0 Å². The van der Waals surface area contributed by atoms with Crippen LogP contribution in [0.25, 0.3) is 27.9 Å². The van der Waals surface area contributed by atoms with Crippen molar-refractivity contribution in [3.8, 4) is 11.3 Å². The van der Waals surface area contributed by atoms with Crippen LogP contribution in [0.2, 0.25) is 0 Å². The van der Waals surface area contributed by atoms with Crippen molar-refractivity contribution in [1.29, 1.82) is 0 Å².